The normalized spacial score (nSPS) is 19.3. The average molecular weight is 197 g/mol. The van der Waals surface area contributed by atoms with Gasteiger partial charge in [-0.2, -0.15) is 0 Å². The molecule has 1 rings (SSSR count). The van der Waals surface area contributed by atoms with Crippen LogP contribution in [-0.2, 0) is 0 Å². The summed E-state index contributed by atoms with van der Waals surface area (Å²) in [6.45, 7) is 9.55. The molecule has 0 unspecified atom stereocenters. The van der Waals surface area contributed by atoms with Gasteiger partial charge < -0.3 is 4.90 Å². The summed E-state index contributed by atoms with van der Waals surface area (Å²) in [5.74, 6) is 0.879. The van der Waals surface area contributed by atoms with Gasteiger partial charge in [-0.3, -0.25) is 0 Å². The quantitative estimate of drug-likeness (QED) is 0.603. The van der Waals surface area contributed by atoms with E-state index in [1.165, 1.54) is 45.2 Å². The molecule has 1 nitrogen and oxygen atoms in total. The summed E-state index contributed by atoms with van der Waals surface area (Å²) in [5.41, 5.74) is 0.730. The van der Waals surface area contributed by atoms with Gasteiger partial charge in [0, 0.05) is 6.54 Å². The summed E-state index contributed by atoms with van der Waals surface area (Å²) < 4.78 is 0. The molecule has 0 aromatic heterocycles. The van der Waals surface area contributed by atoms with E-state index in [0.717, 1.165) is 11.3 Å². The van der Waals surface area contributed by atoms with Crippen molar-refractivity contribution in [2.75, 3.05) is 20.1 Å². The second-order valence-corrected chi connectivity index (χ2v) is 5.67. The van der Waals surface area contributed by atoms with Crippen LogP contribution in [0.1, 0.15) is 52.9 Å². The molecule has 1 heteroatoms. The van der Waals surface area contributed by atoms with Crippen LogP contribution in [0.5, 0.6) is 0 Å². The molecule has 0 aromatic carbocycles. The third-order valence-corrected chi connectivity index (χ3v) is 3.42. The molecule has 0 spiro atoms. The van der Waals surface area contributed by atoms with Gasteiger partial charge in [-0.15, -0.1) is 0 Å². The molecule has 0 N–H and O–H groups in total. The Hall–Kier alpha value is -0.0400. The van der Waals surface area contributed by atoms with Crippen molar-refractivity contribution in [1.82, 2.24) is 4.90 Å². The van der Waals surface area contributed by atoms with Gasteiger partial charge in [0.2, 0.25) is 0 Å². The standard InChI is InChI=1S/C13H27N/c1-5-10-14(4)11-13(8-9-13)7-6-12(2)3/h12H,5-11H2,1-4H3. The second kappa shape index (κ2) is 5.16. The maximum absolute atomic E-state index is 2.52. The zero-order chi connectivity index (χ0) is 10.6. The minimum Gasteiger partial charge on any atom is -0.306 e. The first-order chi connectivity index (χ1) is 6.58. The predicted octanol–water partition coefficient (Wildman–Crippen LogP) is 3.54. The molecule has 1 saturated carbocycles. The Morgan fingerprint density at radius 2 is 1.93 bits per heavy atom. The van der Waals surface area contributed by atoms with Crippen LogP contribution in [-0.4, -0.2) is 25.0 Å². The van der Waals surface area contributed by atoms with Crippen LogP contribution in [0, 0.1) is 11.3 Å². The number of hydrogen-bond acceptors (Lipinski definition) is 1. The lowest BCUT2D eigenvalue weighted by Gasteiger charge is -2.23. The molecule has 0 aromatic rings. The lowest BCUT2D eigenvalue weighted by atomic mass is 9.95. The minimum absolute atomic E-state index is 0.730. The Morgan fingerprint density at radius 1 is 1.29 bits per heavy atom. The first-order valence-electron chi connectivity index (χ1n) is 6.26. The number of hydrogen-bond donors (Lipinski definition) is 0. The van der Waals surface area contributed by atoms with Crippen LogP contribution in [0.2, 0.25) is 0 Å². The Kier molecular flexibility index (Phi) is 4.43. The molecule has 1 fully saturated rings. The highest BCUT2D eigenvalue weighted by molar-refractivity contribution is 4.95. The van der Waals surface area contributed by atoms with Crippen LogP contribution < -0.4 is 0 Å². The molecule has 0 saturated heterocycles. The Labute approximate surface area is 89.9 Å². The van der Waals surface area contributed by atoms with Gasteiger partial charge in [0.05, 0.1) is 0 Å². The van der Waals surface area contributed by atoms with Crippen molar-refractivity contribution < 1.29 is 0 Å². The van der Waals surface area contributed by atoms with E-state index >= 15 is 0 Å². The highest BCUT2D eigenvalue weighted by Crippen LogP contribution is 2.50. The van der Waals surface area contributed by atoms with Gasteiger partial charge >= 0.3 is 0 Å². The van der Waals surface area contributed by atoms with E-state index in [9.17, 15) is 0 Å². The minimum atomic E-state index is 0.730. The highest BCUT2D eigenvalue weighted by atomic mass is 15.1. The maximum atomic E-state index is 2.52. The van der Waals surface area contributed by atoms with Crippen LogP contribution in [0.4, 0.5) is 0 Å². The second-order valence-electron chi connectivity index (χ2n) is 5.67. The first-order valence-corrected chi connectivity index (χ1v) is 6.26. The molecular formula is C13H27N. The van der Waals surface area contributed by atoms with Crippen molar-refractivity contribution in [3.8, 4) is 0 Å². The average Bonchev–Trinajstić information content (AvgIpc) is 2.83. The van der Waals surface area contributed by atoms with E-state index < -0.39 is 0 Å². The predicted molar refractivity (Wildman–Crippen MR) is 63.5 cm³/mol. The molecule has 1 aliphatic rings. The molecule has 1 aliphatic carbocycles. The van der Waals surface area contributed by atoms with Gasteiger partial charge in [0.15, 0.2) is 0 Å². The smallest absolute Gasteiger partial charge is 0.00349 e. The lowest BCUT2D eigenvalue weighted by Crippen LogP contribution is -2.27. The lowest BCUT2D eigenvalue weighted by molar-refractivity contribution is 0.244. The van der Waals surface area contributed by atoms with E-state index in [4.69, 9.17) is 0 Å². The third kappa shape index (κ3) is 4.00. The molecule has 0 atom stereocenters. The van der Waals surface area contributed by atoms with E-state index in [2.05, 4.69) is 32.7 Å². The summed E-state index contributed by atoms with van der Waals surface area (Å²) in [6, 6.07) is 0. The fourth-order valence-electron chi connectivity index (χ4n) is 2.29. The molecule has 14 heavy (non-hydrogen) atoms. The largest absolute Gasteiger partial charge is 0.306 e. The van der Waals surface area contributed by atoms with Gasteiger partial charge in [-0.25, -0.2) is 0 Å². The van der Waals surface area contributed by atoms with Gasteiger partial charge in [-0.05, 0) is 50.6 Å². The Bertz CT molecular complexity index is 159. The van der Waals surface area contributed by atoms with Gasteiger partial charge in [0.25, 0.3) is 0 Å². The molecule has 0 radical (unpaired) electrons. The number of nitrogens with zero attached hydrogens (tertiary/aromatic N) is 1. The van der Waals surface area contributed by atoms with Crippen molar-refractivity contribution >= 4 is 0 Å². The van der Waals surface area contributed by atoms with Crippen LogP contribution >= 0.6 is 0 Å². The molecule has 0 heterocycles. The van der Waals surface area contributed by atoms with Gasteiger partial charge in [-0.1, -0.05) is 27.2 Å². The maximum Gasteiger partial charge on any atom is 0.00349 e. The first kappa shape index (κ1) is 12.0. The van der Waals surface area contributed by atoms with E-state index in [0.29, 0.717) is 0 Å². The number of rotatable bonds is 7. The molecule has 0 bridgehead atoms. The molecule has 84 valence electrons. The van der Waals surface area contributed by atoms with Gasteiger partial charge in [0.1, 0.15) is 0 Å². The topological polar surface area (TPSA) is 3.24 Å². The van der Waals surface area contributed by atoms with E-state index in [-0.39, 0.29) is 0 Å². The third-order valence-electron chi connectivity index (χ3n) is 3.42. The SMILES string of the molecule is CCCN(C)CC1(CCC(C)C)CC1. The van der Waals surface area contributed by atoms with E-state index in [1.54, 1.807) is 0 Å². The van der Waals surface area contributed by atoms with Crippen LogP contribution in [0.25, 0.3) is 0 Å². The summed E-state index contributed by atoms with van der Waals surface area (Å²) >= 11 is 0. The summed E-state index contributed by atoms with van der Waals surface area (Å²) in [7, 11) is 2.28. The summed E-state index contributed by atoms with van der Waals surface area (Å²) in [6.07, 6.45) is 7.12. The van der Waals surface area contributed by atoms with Crippen molar-refractivity contribution in [2.24, 2.45) is 11.3 Å². The van der Waals surface area contributed by atoms with Crippen LogP contribution in [0.3, 0.4) is 0 Å². The summed E-state index contributed by atoms with van der Waals surface area (Å²) in [5, 5.41) is 0. The van der Waals surface area contributed by atoms with E-state index in [1.807, 2.05) is 0 Å². The monoisotopic (exact) mass is 197 g/mol. The van der Waals surface area contributed by atoms with Crippen molar-refractivity contribution in [3.05, 3.63) is 0 Å². The van der Waals surface area contributed by atoms with Crippen molar-refractivity contribution in [2.45, 2.75) is 52.9 Å². The zero-order valence-corrected chi connectivity index (χ0v) is 10.5. The highest BCUT2D eigenvalue weighted by Gasteiger charge is 2.42. The summed E-state index contributed by atoms with van der Waals surface area (Å²) in [4.78, 5) is 2.52. The zero-order valence-electron chi connectivity index (χ0n) is 10.5. The molecular weight excluding hydrogens is 170 g/mol. The van der Waals surface area contributed by atoms with Crippen molar-refractivity contribution in [3.63, 3.8) is 0 Å². The van der Waals surface area contributed by atoms with Crippen LogP contribution in [0.15, 0.2) is 0 Å². The Morgan fingerprint density at radius 3 is 2.36 bits per heavy atom. The van der Waals surface area contributed by atoms with Crippen molar-refractivity contribution in [1.29, 1.82) is 0 Å². The Balaban J connectivity index is 2.21. The molecule has 0 aliphatic heterocycles. The fourth-order valence-corrected chi connectivity index (χ4v) is 2.29. The fraction of sp³-hybridized carbons (Fsp3) is 1.00. The molecule has 0 amide bonds.